The zero-order valence-corrected chi connectivity index (χ0v) is 10.8. The Hall–Kier alpha value is -2.03. The van der Waals surface area contributed by atoms with Gasteiger partial charge in [0.05, 0.1) is 6.26 Å². The zero-order valence-electron chi connectivity index (χ0n) is 10.8. The topological polar surface area (TPSA) is 33.5 Å². The minimum atomic E-state index is 0.00521. The van der Waals surface area contributed by atoms with Crippen LogP contribution in [0.4, 0.5) is 0 Å². The van der Waals surface area contributed by atoms with Gasteiger partial charge in [-0.1, -0.05) is 30.3 Å². The molecule has 1 atom stereocenters. The van der Waals surface area contributed by atoms with E-state index in [1.54, 1.807) is 18.4 Å². The van der Waals surface area contributed by atoms with Crippen molar-refractivity contribution in [2.45, 2.75) is 18.8 Å². The van der Waals surface area contributed by atoms with Gasteiger partial charge in [-0.3, -0.25) is 4.79 Å². The molecule has 1 saturated heterocycles. The molecule has 2 heterocycles. The first kappa shape index (κ1) is 12.0. The average Bonchev–Trinajstić information content (AvgIpc) is 3.02. The summed E-state index contributed by atoms with van der Waals surface area (Å²) in [4.78, 5) is 14.2. The van der Waals surface area contributed by atoms with Gasteiger partial charge in [0.15, 0.2) is 5.76 Å². The molecule has 2 aromatic rings. The second-order valence-corrected chi connectivity index (χ2v) is 4.98. The van der Waals surface area contributed by atoms with E-state index in [1.165, 1.54) is 5.56 Å². The fourth-order valence-electron chi connectivity index (χ4n) is 2.71. The predicted molar refractivity (Wildman–Crippen MR) is 73.0 cm³/mol. The van der Waals surface area contributed by atoms with Crippen molar-refractivity contribution >= 4 is 5.91 Å². The van der Waals surface area contributed by atoms with Crippen LogP contribution in [0.25, 0.3) is 0 Å². The smallest absolute Gasteiger partial charge is 0.289 e. The average molecular weight is 255 g/mol. The molecule has 1 aliphatic heterocycles. The van der Waals surface area contributed by atoms with Crippen molar-refractivity contribution < 1.29 is 9.21 Å². The van der Waals surface area contributed by atoms with Crippen LogP contribution in [0, 0.1) is 0 Å². The van der Waals surface area contributed by atoms with Crippen molar-refractivity contribution in [1.29, 1.82) is 0 Å². The number of hydrogen-bond acceptors (Lipinski definition) is 2. The number of nitrogens with zero attached hydrogens (tertiary/aromatic N) is 1. The van der Waals surface area contributed by atoms with Gasteiger partial charge in [0.2, 0.25) is 0 Å². The van der Waals surface area contributed by atoms with Crippen LogP contribution in [0.1, 0.15) is 34.9 Å². The molecule has 0 saturated carbocycles. The summed E-state index contributed by atoms with van der Waals surface area (Å²) in [6.45, 7) is 1.60. The van der Waals surface area contributed by atoms with Gasteiger partial charge >= 0.3 is 0 Å². The summed E-state index contributed by atoms with van der Waals surface area (Å²) < 4.78 is 5.20. The molecule has 0 radical (unpaired) electrons. The van der Waals surface area contributed by atoms with E-state index in [0.29, 0.717) is 11.7 Å². The number of likely N-dealkylation sites (tertiary alicyclic amines) is 1. The SMILES string of the molecule is O=C(c1ccco1)N1CCC[C@@H](c2ccccc2)C1. The Morgan fingerprint density at radius 1 is 1.16 bits per heavy atom. The number of carbonyl (C=O) groups is 1. The highest BCUT2D eigenvalue weighted by Crippen LogP contribution is 2.27. The van der Waals surface area contributed by atoms with Crippen LogP contribution >= 0.6 is 0 Å². The maximum absolute atomic E-state index is 12.3. The molecular weight excluding hydrogens is 238 g/mol. The minimum absolute atomic E-state index is 0.00521. The number of rotatable bonds is 2. The molecule has 1 aliphatic rings. The number of carbonyl (C=O) groups excluding carboxylic acids is 1. The summed E-state index contributed by atoms with van der Waals surface area (Å²) in [6.07, 6.45) is 3.74. The summed E-state index contributed by atoms with van der Waals surface area (Å²) in [7, 11) is 0. The van der Waals surface area contributed by atoms with E-state index in [9.17, 15) is 4.79 Å². The first-order valence-electron chi connectivity index (χ1n) is 6.72. The van der Waals surface area contributed by atoms with Gasteiger partial charge < -0.3 is 9.32 Å². The van der Waals surface area contributed by atoms with Crippen LogP contribution in [-0.4, -0.2) is 23.9 Å². The Bertz CT molecular complexity index is 533. The minimum Gasteiger partial charge on any atom is -0.459 e. The van der Waals surface area contributed by atoms with Gasteiger partial charge in [0.25, 0.3) is 5.91 Å². The lowest BCUT2D eigenvalue weighted by molar-refractivity contribution is 0.0675. The molecule has 0 spiro atoms. The molecule has 1 aromatic carbocycles. The van der Waals surface area contributed by atoms with Gasteiger partial charge in [-0.25, -0.2) is 0 Å². The maximum atomic E-state index is 12.3. The summed E-state index contributed by atoms with van der Waals surface area (Å²) in [5, 5.41) is 0. The van der Waals surface area contributed by atoms with Crippen LogP contribution in [0.15, 0.2) is 53.1 Å². The lowest BCUT2D eigenvalue weighted by Crippen LogP contribution is -2.38. The fraction of sp³-hybridized carbons (Fsp3) is 0.312. The van der Waals surface area contributed by atoms with Crippen LogP contribution in [0.5, 0.6) is 0 Å². The van der Waals surface area contributed by atoms with Gasteiger partial charge in [0, 0.05) is 19.0 Å². The molecule has 1 aromatic heterocycles. The van der Waals surface area contributed by atoms with E-state index in [-0.39, 0.29) is 5.91 Å². The lowest BCUT2D eigenvalue weighted by atomic mass is 9.90. The highest BCUT2D eigenvalue weighted by Gasteiger charge is 2.26. The molecule has 98 valence electrons. The molecule has 1 fully saturated rings. The van der Waals surface area contributed by atoms with E-state index in [1.807, 2.05) is 11.0 Å². The van der Waals surface area contributed by atoms with Crippen molar-refractivity contribution in [3.05, 3.63) is 60.1 Å². The first-order chi connectivity index (χ1) is 9.34. The zero-order chi connectivity index (χ0) is 13.1. The Labute approximate surface area is 112 Å². The van der Waals surface area contributed by atoms with Gasteiger partial charge in [-0.2, -0.15) is 0 Å². The third-order valence-corrected chi connectivity index (χ3v) is 3.71. The molecule has 19 heavy (non-hydrogen) atoms. The van der Waals surface area contributed by atoms with Gasteiger partial charge in [-0.05, 0) is 30.5 Å². The monoisotopic (exact) mass is 255 g/mol. The van der Waals surface area contributed by atoms with Crippen LogP contribution in [-0.2, 0) is 0 Å². The van der Waals surface area contributed by atoms with E-state index in [4.69, 9.17) is 4.42 Å². The molecule has 3 rings (SSSR count). The number of amides is 1. The highest BCUT2D eigenvalue weighted by atomic mass is 16.3. The summed E-state index contributed by atoms with van der Waals surface area (Å²) in [5.74, 6) is 0.883. The van der Waals surface area contributed by atoms with Crippen molar-refractivity contribution in [2.75, 3.05) is 13.1 Å². The Morgan fingerprint density at radius 2 is 2.00 bits per heavy atom. The second kappa shape index (κ2) is 5.31. The van der Waals surface area contributed by atoms with Crippen LogP contribution < -0.4 is 0 Å². The quantitative estimate of drug-likeness (QED) is 0.825. The number of benzene rings is 1. The van der Waals surface area contributed by atoms with E-state index in [2.05, 4.69) is 24.3 Å². The van der Waals surface area contributed by atoms with Gasteiger partial charge in [-0.15, -0.1) is 0 Å². The number of piperidine rings is 1. The first-order valence-corrected chi connectivity index (χ1v) is 6.72. The molecule has 0 unspecified atom stereocenters. The van der Waals surface area contributed by atoms with Crippen molar-refractivity contribution in [3.63, 3.8) is 0 Å². The Kier molecular flexibility index (Phi) is 3.36. The molecular formula is C16H17NO2. The number of furan rings is 1. The standard InChI is InChI=1S/C16H17NO2/c18-16(15-9-5-11-19-15)17-10-4-8-14(12-17)13-6-2-1-3-7-13/h1-3,5-7,9,11,14H,4,8,10,12H2/t14-/m1/s1. The molecule has 0 bridgehead atoms. The predicted octanol–water partition coefficient (Wildman–Crippen LogP) is 3.30. The number of hydrogen-bond donors (Lipinski definition) is 0. The fourth-order valence-corrected chi connectivity index (χ4v) is 2.71. The Morgan fingerprint density at radius 3 is 2.74 bits per heavy atom. The third kappa shape index (κ3) is 2.55. The summed E-state index contributed by atoms with van der Waals surface area (Å²) in [5.41, 5.74) is 1.32. The second-order valence-electron chi connectivity index (χ2n) is 4.98. The molecule has 0 N–H and O–H groups in total. The molecule has 3 nitrogen and oxygen atoms in total. The molecule has 3 heteroatoms. The third-order valence-electron chi connectivity index (χ3n) is 3.71. The van der Waals surface area contributed by atoms with E-state index in [0.717, 1.165) is 25.9 Å². The van der Waals surface area contributed by atoms with Crippen molar-refractivity contribution in [3.8, 4) is 0 Å². The van der Waals surface area contributed by atoms with Crippen molar-refractivity contribution in [1.82, 2.24) is 4.90 Å². The normalized spacial score (nSPS) is 19.4. The van der Waals surface area contributed by atoms with Crippen LogP contribution in [0.3, 0.4) is 0 Å². The maximum Gasteiger partial charge on any atom is 0.289 e. The lowest BCUT2D eigenvalue weighted by Gasteiger charge is -2.32. The largest absolute Gasteiger partial charge is 0.459 e. The van der Waals surface area contributed by atoms with Crippen LogP contribution in [0.2, 0.25) is 0 Å². The Balaban J connectivity index is 1.73. The van der Waals surface area contributed by atoms with Gasteiger partial charge in [0.1, 0.15) is 0 Å². The van der Waals surface area contributed by atoms with E-state index < -0.39 is 0 Å². The van der Waals surface area contributed by atoms with E-state index >= 15 is 0 Å². The molecule has 0 aliphatic carbocycles. The highest BCUT2D eigenvalue weighted by molar-refractivity contribution is 5.91. The molecule has 1 amide bonds. The summed E-state index contributed by atoms with van der Waals surface area (Å²) >= 11 is 0. The summed E-state index contributed by atoms with van der Waals surface area (Å²) in [6, 6.07) is 13.9. The van der Waals surface area contributed by atoms with Crippen molar-refractivity contribution in [2.24, 2.45) is 0 Å².